The summed E-state index contributed by atoms with van der Waals surface area (Å²) in [5.74, 6) is 0. The van der Waals surface area contributed by atoms with Crippen LogP contribution in [0.25, 0.3) is 0 Å². The molecule has 0 aliphatic heterocycles. The molecule has 1 fully saturated rings. The van der Waals surface area contributed by atoms with E-state index in [1.165, 1.54) is 43.4 Å². The van der Waals surface area contributed by atoms with Crippen molar-refractivity contribution in [3.63, 3.8) is 0 Å². The molecule has 0 atom stereocenters. The standard InChI is InChI=1S/C8H12N3S/c1-2-4-7(5-3-1)10-8-11-9-6-12-8/h7H,1-5H2,(H,10,11). The summed E-state index contributed by atoms with van der Waals surface area (Å²) >= 11 is 1.46. The van der Waals surface area contributed by atoms with E-state index in [1.54, 1.807) is 0 Å². The fourth-order valence-corrected chi connectivity index (χ4v) is 2.11. The lowest BCUT2D eigenvalue weighted by Crippen LogP contribution is -2.21. The van der Waals surface area contributed by atoms with Crippen LogP contribution in [0.1, 0.15) is 32.1 Å². The first-order valence-electron chi connectivity index (χ1n) is 4.41. The SMILES string of the molecule is [c]1nnc(NC2CCCCC2)s1. The number of anilines is 1. The molecule has 0 unspecified atom stereocenters. The summed E-state index contributed by atoms with van der Waals surface area (Å²) in [4.78, 5) is 0. The highest BCUT2D eigenvalue weighted by Gasteiger charge is 2.13. The number of rotatable bonds is 2. The molecule has 1 aliphatic rings. The number of hydrogen-bond donors (Lipinski definition) is 1. The molecule has 0 saturated heterocycles. The molecule has 2 rings (SSSR count). The second-order valence-corrected chi connectivity index (χ2v) is 3.95. The van der Waals surface area contributed by atoms with Gasteiger partial charge >= 0.3 is 0 Å². The van der Waals surface area contributed by atoms with E-state index in [0.29, 0.717) is 6.04 Å². The van der Waals surface area contributed by atoms with Crippen molar-refractivity contribution in [3.05, 3.63) is 5.51 Å². The lowest BCUT2D eigenvalue weighted by molar-refractivity contribution is 0.462. The average molecular weight is 182 g/mol. The largest absolute Gasteiger partial charge is 0.357 e. The predicted molar refractivity (Wildman–Crippen MR) is 49.2 cm³/mol. The third-order valence-corrected chi connectivity index (χ3v) is 2.82. The van der Waals surface area contributed by atoms with Crippen LogP contribution in [0.5, 0.6) is 0 Å². The molecule has 1 aromatic rings. The van der Waals surface area contributed by atoms with Crippen molar-refractivity contribution in [2.75, 3.05) is 5.32 Å². The van der Waals surface area contributed by atoms with Gasteiger partial charge in [-0.25, -0.2) is 0 Å². The van der Waals surface area contributed by atoms with Crippen molar-refractivity contribution in [1.29, 1.82) is 0 Å². The van der Waals surface area contributed by atoms with E-state index in [9.17, 15) is 0 Å². The Morgan fingerprint density at radius 2 is 2.17 bits per heavy atom. The summed E-state index contributed by atoms with van der Waals surface area (Å²) in [6, 6.07) is 0.625. The third-order valence-electron chi connectivity index (χ3n) is 2.26. The van der Waals surface area contributed by atoms with Gasteiger partial charge in [-0.05, 0) is 12.8 Å². The Morgan fingerprint density at radius 1 is 1.33 bits per heavy atom. The first-order chi connectivity index (χ1) is 5.95. The van der Waals surface area contributed by atoms with Crippen LogP contribution in [0, 0.1) is 5.51 Å². The van der Waals surface area contributed by atoms with Crippen LogP contribution < -0.4 is 5.32 Å². The minimum Gasteiger partial charge on any atom is -0.357 e. The summed E-state index contributed by atoms with van der Waals surface area (Å²) in [7, 11) is 0. The normalized spacial score (nSPS) is 19.3. The molecule has 4 heteroatoms. The van der Waals surface area contributed by atoms with E-state index >= 15 is 0 Å². The van der Waals surface area contributed by atoms with E-state index in [4.69, 9.17) is 0 Å². The van der Waals surface area contributed by atoms with Crippen LogP contribution in [0.2, 0.25) is 0 Å². The maximum Gasteiger partial charge on any atom is 0.206 e. The molecule has 0 amide bonds. The molecular formula is C8H12N3S. The number of nitrogens with zero attached hydrogens (tertiary/aromatic N) is 2. The Balaban J connectivity index is 1.86. The van der Waals surface area contributed by atoms with Gasteiger partial charge in [-0.15, -0.1) is 10.2 Å². The monoisotopic (exact) mass is 182 g/mol. The molecule has 1 heterocycles. The molecule has 0 aromatic carbocycles. The molecule has 0 spiro atoms. The van der Waals surface area contributed by atoms with Crippen molar-refractivity contribution in [2.24, 2.45) is 0 Å². The summed E-state index contributed by atoms with van der Waals surface area (Å²) in [6.45, 7) is 0. The van der Waals surface area contributed by atoms with Crippen LogP contribution in [0.15, 0.2) is 0 Å². The van der Waals surface area contributed by atoms with E-state index in [0.717, 1.165) is 5.13 Å². The van der Waals surface area contributed by atoms with Gasteiger partial charge in [-0.3, -0.25) is 0 Å². The van der Waals surface area contributed by atoms with Gasteiger partial charge in [0.05, 0.1) is 0 Å². The molecule has 1 radical (unpaired) electrons. The number of hydrogen-bond acceptors (Lipinski definition) is 4. The highest BCUT2D eigenvalue weighted by molar-refractivity contribution is 7.12. The topological polar surface area (TPSA) is 37.8 Å². The zero-order valence-electron chi connectivity index (χ0n) is 6.92. The van der Waals surface area contributed by atoms with Gasteiger partial charge in [-0.1, -0.05) is 30.6 Å². The Hall–Kier alpha value is -0.640. The number of nitrogens with one attached hydrogen (secondary N) is 1. The fraction of sp³-hybridized carbons (Fsp3) is 0.750. The first kappa shape index (κ1) is 7.98. The second-order valence-electron chi connectivity index (χ2n) is 3.18. The first-order valence-corrected chi connectivity index (χ1v) is 5.23. The zero-order valence-corrected chi connectivity index (χ0v) is 7.73. The quantitative estimate of drug-likeness (QED) is 0.761. The summed E-state index contributed by atoms with van der Waals surface area (Å²) < 4.78 is 0. The fourth-order valence-electron chi connectivity index (χ4n) is 1.63. The van der Waals surface area contributed by atoms with E-state index in [2.05, 4.69) is 21.0 Å². The molecule has 12 heavy (non-hydrogen) atoms. The smallest absolute Gasteiger partial charge is 0.206 e. The Morgan fingerprint density at radius 3 is 2.83 bits per heavy atom. The Labute approximate surface area is 76.2 Å². The maximum absolute atomic E-state index is 3.91. The van der Waals surface area contributed by atoms with Crippen molar-refractivity contribution in [2.45, 2.75) is 38.1 Å². The predicted octanol–water partition coefficient (Wildman–Crippen LogP) is 2.08. The Kier molecular flexibility index (Phi) is 2.56. The van der Waals surface area contributed by atoms with Gasteiger partial charge in [0.2, 0.25) is 5.13 Å². The van der Waals surface area contributed by atoms with E-state index in [1.807, 2.05) is 0 Å². The third kappa shape index (κ3) is 1.94. The van der Waals surface area contributed by atoms with E-state index in [-0.39, 0.29) is 0 Å². The summed E-state index contributed by atoms with van der Waals surface area (Å²) in [6.07, 6.45) is 6.64. The summed E-state index contributed by atoms with van der Waals surface area (Å²) in [5.41, 5.74) is 2.74. The molecule has 1 N–H and O–H groups in total. The highest BCUT2D eigenvalue weighted by Crippen LogP contribution is 2.21. The molecular weight excluding hydrogens is 170 g/mol. The molecule has 1 saturated carbocycles. The van der Waals surface area contributed by atoms with Crippen molar-refractivity contribution in [3.8, 4) is 0 Å². The zero-order chi connectivity index (χ0) is 8.23. The summed E-state index contributed by atoms with van der Waals surface area (Å²) in [5, 5.41) is 11.9. The van der Waals surface area contributed by atoms with Gasteiger partial charge < -0.3 is 5.32 Å². The minimum absolute atomic E-state index is 0.625. The number of aromatic nitrogens is 2. The average Bonchev–Trinajstić information content (AvgIpc) is 2.59. The van der Waals surface area contributed by atoms with Gasteiger partial charge in [-0.2, -0.15) is 0 Å². The lowest BCUT2D eigenvalue weighted by atomic mass is 9.96. The van der Waals surface area contributed by atoms with Crippen molar-refractivity contribution < 1.29 is 0 Å². The van der Waals surface area contributed by atoms with E-state index < -0.39 is 0 Å². The lowest BCUT2D eigenvalue weighted by Gasteiger charge is -2.21. The minimum atomic E-state index is 0.625. The molecule has 1 aromatic heterocycles. The second kappa shape index (κ2) is 3.85. The van der Waals surface area contributed by atoms with Crippen LogP contribution in [-0.2, 0) is 0 Å². The van der Waals surface area contributed by atoms with Crippen molar-refractivity contribution in [1.82, 2.24) is 10.2 Å². The molecule has 65 valence electrons. The van der Waals surface area contributed by atoms with Crippen molar-refractivity contribution >= 4 is 16.5 Å². The molecule has 1 aliphatic carbocycles. The maximum atomic E-state index is 3.91. The molecule has 3 nitrogen and oxygen atoms in total. The van der Waals surface area contributed by atoms with Gasteiger partial charge in [0.25, 0.3) is 0 Å². The van der Waals surface area contributed by atoms with Gasteiger partial charge in [0, 0.05) is 6.04 Å². The molecule has 0 bridgehead atoms. The van der Waals surface area contributed by atoms with Crippen LogP contribution in [-0.4, -0.2) is 16.2 Å². The Bertz CT molecular complexity index is 216. The van der Waals surface area contributed by atoms with Crippen LogP contribution in [0.4, 0.5) is 5.13 Å². The van der Waals surface area contributed by atoms with Gasteiger partial charge in [0.15, 0.2) is 5.51 Å². The van der Waals surface area contributed by atoms with Crippen LogP contribution in [0.3, 0.4) is 0 Å². The van der Waals surface area contributed by atoms with Crippen LogP contribution >= 0.6 is 11.3 Å². The van der Waals surface area contributed by atoms with Gasteiger partial charge in [0.1, 0.15) is 0 Å². The highest BCUT2D eigenvalue weighted by atomic mass is 32.1.